The lowest BCUT2D eigenvalue weighted by Gasteiger charge is -2.20. The molecular weight excluding hydrogens is 352 g/mol. The van der Waals surface area contributed by atoms with Crippen molar-refractivity contribution in [2.24, 2.45) is 0 Å². The van der Waals surface area contributed by atoms with Crippen molar-refractivity contribution in [1.82, 2.24) is 5.32 Å². The maximum Gasteiger partial charge on any atom is 0.226 e. The Bertz CT molecular complexity index is 752. The van der Waals surface area contributed by atoms with Gasteiger partial charge in [-0.1, -0.05) is 23.7 Å². The lowest BCUT2D eigenvalue weighted by Crippen LogP contribution is -2.32. The summed E-state index contributed by atoms with van der Waals surface area (Å²) in [4.78, 5) is 12.4. The fourth-order valence-electron chi connectivity index (χ4n) is 2.75. The third-order valence-electron chi connectivity index (χ3n) is 4.06. The summed E-state index contributed by atoms with van der Waals surface area (Å²) >= 11 is 6.04. The van der Waals surface area contributed by atoms with Gasteiger partial charge in [-0.05, 0) is 43.7 Å². The van der Waals surface area contributed by atoms with Gasteiger partial charge in [0.25, 0.3) is 0 Å². The molecular formula is C20H25ClN2O3. The second-order valence-corrected chi connectivity index (χ2v) is 6.60. The Morgan fingerprint density at radius 2 is 1.88 bits per heavy atom. The number of hydrogen-bond donors (Lipinski definition) is 2. The molecule has 0 aliphatic rings. The van der Waals surface area contributed by atoms with Gasteiger partial charge in [-0.3, -0.25) is 4.79 Å². The third kappa shape index (κ3) is 5.64. The van der Waals surface area contributed by atoms with Gasteiger partial charge in [-0.2, -0.15) is 0 Å². The van der Waals surface area contributed by atoms with Crippen molar-refractivity contribution in [3.05, 3.63) is 53.1 Å². The molecule has 6 heteroatoms. The van der Waals surface area contributed by atoms with E-state index < -0.39 is 0 Å². The molecule has 0 bridgehead atoms. The van der Waals surface area contributed by atoms with Crippen molar-refractivity contribution in [2.75, 3.05) is 19.5 Å². The van der Waals surface area contributed by atoms with Crippen LogP contribution in [0.5, 0.6) is 11.5 Å². The molecule has 0 saturated heterocycles. The zero-order valence-electron chi connectivity index (χ0n) is 15.5. The number of nitrogens with one attached hydrogen (secondary N) is 2. The molecule has 2 rings (SSSR count). The van der Waals surface area contributed by atoms with Crippen LogP contribution in [0.25, 0.3) is 0 Å². The first-order chi connectivity index (χ1) is 12.4. The molecule has 26 heavy (non-hydrogen) atoms. The van der Waals surface area contributed by atoms with Crippen molar-refractivity contribution in [1.29, 1.82) is 0 Å². The van der Waals surface area contributed by atoms with Crippen molar-refractivity contribution < 1.29 is 14.3 Å². The van der Waals surface area contributed by atoms with Gasteiger partial charge in [0.05, 0.1) is 19.9 Å². The van der Waals surface area contributed by atoms with Gasteiger partial charge >= 0.3 is 0 Å². The molecule has 0 spiro atoms. The number of anilines is 1. The number of methoxy groups -OCH3 is 2. The summed E-state index contributed by atoms with van der Waals surface area (Å²) in [5.74, 6) is 1.14. The van der Waals surface area contributed by atoms with E-state index in [0.717, 1.165) is 5.56 Å². The summed E-state index contributed by atoms with van der Waals surface area (Å²) in [6.07, 6.45) is 0.325. The van der Waals surface area contributed by atoms with E-state index in [2.05, 4.69) is 10.6 Å². The Kier molecular flexibility index (Phi) is 7.30. The Morgan fingerprint density at radius 1 is 1.12 bits per heavy atom. The minimum atomic E-state index is -0.102. The lowest BCUT2D eigenvalue weighted by atomic mass is 10.1. The highest BCUT2D eigenvalue weighted by Gasteiger charge is 2.15. The summed E-state index contributed by atoms with van der Waals surface area (Å²) in [5, 5.41) is 7.00. The van der Waals surface area contributed by atoms with Gasteiger partial charge in [0.1, 0.15) is 11.5 Å². The molecule has 0 aliphatic heterocycles. The number of hydrogen-bond acceptors (Lipinski definition) is 4. The number of carbonyl (C=O) groups is 1. The minimum absolute atomic E-state index is 0.0133. The highest BCUT2D eigenvalue weighted by Crippen LogP contribution is 2.29. The molecule has 140 valence electrons. The quantitative estimate of drug-likeness (QED) is 0.715. The molecule has 0 heterocycles. The van der Waals surface area contributed by atoms with Crippen molar-refractivity contribution >= 4 is 23.2 Å². The number of rotatable bonds is 8. The Labute approximate surface area is 159 Å². The van der Waals surface area contributed by atoms with Gasteiger partial charge in [-0.15, -0.1) is 0 Å². The molecule has 2 aromatic rings. The van der Waals surface area contributed by atoms with E-state index in [1.165, 1.54) is 0 Å². The van der Waals surface area contributed by atoms with Gasteiger partial charge in [-0.25, -0.2) is 0 Å². The largest absolute Gasteiger partial charge is 0.497 e. The normalized spacial score (nSPS) is 13.0. The summed E-state index contributed by atoms with van der Waals surface area (Å²) in [6.45, 7) is 4.02. The second kappa shape index (κ2) is 9.46. The molecule has 5 nitrogen and oxygen atoms in total. The number of halogens is 1. The van der Waals surface area contributed by atoms with E-state index >= 15 is 0 Å². The molecule has 2 N–H and O–H groups in total. The summed E-state index contributed by atoms with van der Waals surface area (Å²) < 4.78 is 10.5. The molecule has 2 aromatic carbocycles. The predicted octanol–water partition coefficient (Wildman–Crippen LogP) is 4.43. The average Bonchev–Trinajstić information content (AvgIpc) is 2.61. The van der Waals surface area contributed by atoms with E-state index in [1.54, 1.807) is 32.4 Å². The van der Waals surface area contributed by atoms with E-state index in [9.17, 15) is 4.79 Å². The molecule has 1 amide bonds. The van der Waals surface area contributed by atoms with Crippen molar-refractivity contribution in [3.63, 3.8) is 0 Å². The topological polar surface area (TPSA) is 59.6 Å². The second-order valence-electron chi connectivity index (χ2n) is 6.16. The molecule has 0 aliphatic carbocycles. The third-order valence-corrected chi connectivity index (χ3v) is 4.29. The maximum atomic E-state index is 12.4. The zero-order chi connectivity index (χ0) is 19.1. The summed E-state index contributed by atoms with van der Waals surface area (Å²) in [7, 11) is 3.14. The predicted molar refractivity (Wildman–Crippen MR) is 105 cm³/mol. The van der Waals surface area contributed by atoms with Crippen LogP contribution in [0, 0.1) is 0 Å². The number of carbonyl (C=O) groups excluding carboxylic acids is 1. The Balaban J connectivity index is 1.95. The van der Waals surface area contributed by atoms with E-state index in [1.807, 2.05) is 38.1 Å². The van der Waals surface area contributed by atoms with Crippen molar-refractivity contribution in [2.45, 2.75) is 32.4 Å². The van der Waals surface area contributed by atoms with Crippen molar-refractivity contribution in [3.8, 4) is 11.5 Å². The van der Waals surface area contributed by atoms with Crippen LogP contribution in [0.1, 0.15) is 31.9 Å². The smallest absolute Gasteiger partial charge is 0.226 e. The van der Waals surface area contributed by atoms with E-state index in [4.69, 9.17) is 21.1 Å². The monoisotopic (exact) mass is 376 g/mol. The fraction of sp³-hybridized carbons (Fsp3) is 0.350. The molecule has 2 unspecified atom stereocenters. The first-order valence-electron chi connectivity index (χ1n) is 8.46. The number of benzene rings is 2. The molecule has 0 aromatic heterocycles. The SMILES string of the molecule is COc1ccc(OC)c(NC(=O)CC(C)NC(C)c2cccc(Cl)c2)c1. The maximum absolute atomic E-state index is 12.4. The zero-order valence-corrected chi connectivity index (χ0v) is 16.3. The molecule has 0 fully saturated rings. The van der Waals surface area contributed by atoms with Crippen LogP contribution in [0.2, 0.25) is 5.02 Å². The molecule has 0 saturated carbocycles. The Hall–Kier alpha value is -2.24. The highest BCUT2D eigenvalue weighted by atomic mass is 35.5. The van der Waals surface area contributed by atoms with Crippen LogP contribution in [-0.2, 0) is 4.79 Å². The number of amides is 1. The van der Waals surface area contributed by atoms with Crippen LogP contribution in [0.4, 0.5) is 5.69 Å². The van der Waals surface area contributed by atoms with Crippen LogP contribution in [-0.4, -0.2) is 26.2 Å². The van der Waals surface area contributed by atoms with Gasteiger partial charge in [0, 0.05) is 29.6 Å². The van der Waals surface area contributed by atoms with Gasteiger partial charge in [0.15, 0.2) is 0 Å². The Morgan fingerprint density at radius 3 is 2.54 bits per heavy atom. The average molecular weight is 377 g/mol. The van der Waals surface area contributed by atoms with Gasteiger partial charge in [0.2, 0.25) is 5.91 Å². The highest BCUT2D eigenvalue weighted by molar-refractivity contribution is 6.30. The summed E-state index contributed by atoms with van der Waals surface area (Å²) in [5.41, 5.74) is 1.67. The number of ether oxygens (including phenoxy) is 2. The van der Waals surface area contributed by atoms with Gasteiger partial charge < -0.3 is 20.1 Å². The minimum Gasteiger partial charge on any atom is -0.497 e. The van der Waals surface area contributed by atoms with E-state index in [-0.39, 0.29) is 18.0 Å². The summed E-state index contributed by atoms with van der Waals surface area (Å²) in [6, 6.07) is 13.1. The fourth-order valence-corrected chi connectivity index (χ4v) is 2.95. The first kappa shape index (κ1) is 20.1. The van der Waals surface area contributed by atoms with Crippen LogP contribution in [0.15, 0.2) is 42.5 Å². The molecule has 0 radical (unpaired) electrons. The van der Waals surface area contributed by atoms with E-state index in [0.29, 0.717) is 28.6 Å². The standard InChI is InChI=1S/C20H25ClN2O3/c1-13(22-14(2)15-6-5-7-16(21)11-15)10-20(24)23-18-12-17(25-3)8-9-19(18)26-4/h5-9,11-14,22H,10H2,1-4H3,(H,23,24). The van der Waals surface area contributed by atoms with Crippen LogP contribution in [0.3, 0.4) is 0 Å². The first-order valence-corrected chi connectivity index (χ1v) is 8.84. The van der Waals surface area contributed by atoms with Crippen LogP contribution < -0.4 is 20.1 Å². The lowest BCUT2D eigenvalue weighted by molar-refractivity contribution is -0.116. The van der Waals surface area contributed by atoms with Crippen LogP contribution >= 0.6 is 11.6 Å². The molecule has 2 atom stereocenters.